The third-order valence-electron chi connectivity index (χ3n) is 8.03. The molecule has 6 nitrogen and oxygen atoms in total. The summed E-state index contributed by atoms with van der Waals surface area (Å²) in [6.07, 6.45) is 4.02. The lowest BCUT2D eigenvalue weighted by molar-refractivity contribution is -0.118. The van der Waals surface area contributed by atoms with Gasteiger partial charge in [0, 0.05) is 56.7 Å². The largest absolute Gasteiger partial charge is 0.495 e. The van der Waals surface area contributed by atoms with Crippen LogP contribution in [0.1, 0.15) is 31.9 Å². The lowest BCUT2D eigenvalue weighted by Gasteiger charge is -2.40. The smallest absolute Gasteiger partial charge is 0.213 e. The number of benzene rings is 2. The van der Waals surface area contributed by atoms with E-state index in [2.05, 4.69) is 73.2 Å². The maximum atomic E-state index is 13.6. The number of hydrogen-bond acceptors (Lipinski definition) is 6. The molecule has 2 aromatic rings. The molecule has 2 heterocycles. The number of anilines is 2. The number of likely N-dealkylation sites (N-methyl/N-ethyl adjacent to an activating group) is 2. The van der Waals surface area contributed by atoms with E-state index in [0.717, 1.165) is 17.0 Å². The molecule has 2 aromatic carbocycles. The van der Waals surface area contributed by atoms with Crippen molar-refractivity contribution >= 4 is 22.9 Å². The highest BCUT2D eigenvalue weighted by Crippen LogP contribution is 2.49. The Labute approximate surface area is 214 Å². The van der Waals surface area contributed by atoms with Crippen molar-refractivity contribution < 1.29 is 14.3 Å². The van der Waals surface area contributed by atoms with Crippen LogP contribution in [0.2, 0.25) is 0 Å². The molecule has 0 amide bonds. The van der Waals surface area contributed by atoms with Crippen molar-refractivity contribution in [3.63, 3.8) is 0 Å². The Morgan fingerprint density at radius 2 is 1.69 bits per heavy atom. The zero-order valence-electron chi connectivity index (χ0n) is 22.4. The number of nitrogens with zero attached hydrogens (tertiary/aromatic N) is 3. The lowest BCUT2D eigenvalue weighted by atomic mass is 9.76. The second-order valence-corrected chi connectivity index (χ2v) is 10.7. The molecule has 0 saturated carbocycles. The van der Waals surface area contributed by atoms with E-state index in [9.17, 15) is 4.79 Å². The molecule has 1 aliphatic carbocycles. The fourth-order valence-electron chi connectivity index (χ4n) is 5.69. The summed E-state index contributed by atoms with van der Waals surface area (Å²) in [6, 6.07) is 16.7. The molecule has 2 aliphatic heterocycles. The number of allylic oxidation sites excluding steroid dienone is 1. The van der Waals surface area contributed by atoms with E-state index in [1.165, 1.54) is 11.3 Å². The monoisotopic (exact) mass is 485 g/mol. The highest BCUT2D eigenvalue weighted by molar-refractivity contribution is 6.20. The van der Waals surface area contributed by atoms with Crippen molar-refractivity contribution in [2.75, 3.05) is 45.1 Å². The molecule has 0 bridgehead atoms. The van der Waals surface area contributed by atoms with Gasteiger partial charge in [-0.05, 0) is 48.9 Å². The average Bonchev–Trinajstić information content (AvgIpc) is 3.25. The van der Waals surface area contributed by atoms with Gasteiger partial charge in [-0.2, -0.15) is 0 Å². The number of Topliss-reactive ketones (excluding diaryl/α,β-unsaturated/α-hetero) is 1. The molecule has 0 saturated heterocycles. The molecule has 0 spiro atoms. The highest BCUT2D eigenvalue weighted by Gasteiger charge is 2.53. The molecule has 5 rings (SSSR count). The standard InChI is InChI=1S/C30H35N3O3/c1-29(2)22-11-9-10-12-23(22)33(7)25(29)17-21-27(34)26(28(21)35-8)30(3)32(6)18-24(36-30)19-13-15-20(16-14-19)31(4)5/h9-18,25H,1-8H3. The van der Waals surface area contributed by atoms with Gasteiger partial charge in [0.1, 0.15) is 17.1 Å². The van der Waals surface area contributed by atoms with Gasteiger partial charge in [0.2, 0.25) is 11.5 Å². The van der Waals surface area contributed by atoms with Crippen LogP contribution >= 0.6 is 0 Å². The van der Waals surface area contributed by atoms with Crippen LogP contribution < -0.4 is 9.80 Å². The first-order chi connectivity index (χ1) is 17.0. The van der Waals surface area contributed by atoms with Gasteiger partial charge in [-0.1, -0.05) is 32.0 Å². The molecule has 2 atom stereocenters. The molecule has 2 unspecified atom stereocenters. The fourth-order valence-corrected chi connectivity index (χ4v) is 5.69. The van der Waals surface area contributed by atoms with Crippen molar-refractivity contribution in [3.05, 3.63) is 88.8 Å². The summed E-state index contributed by atoms with van der Waals surface area (Å²) in [4.78, 5) is 19.9. The molecule has 6 heteroatoms. The van der Waals surface area contributed by atoms with Crippen LogP contribution in [-0.2, 0) is 19.7 Å². The number of carbonyl (C=O) groups is 1. The van der Waals surface area contributed by atoms with Crippen molar-refractivity contribution in [1.29, 1.82) is 0 Å². The summed E-state index contributed by atoms with van der Waals surface area (Å²) >= 11 is 0. The normalized spacial score (nSPS) is 25.6. The van der Waals surface area contributed by atoms with Crippen LogP contribution in [0.15, 0.2) is 77.7 Å². The molecular weight excluding hydrogens is 450 g/mol. The zero-order chi connectivity index (χ0) is 26.0. The molecule has 188 valence electrons. The van der Waals surface area contributed by atoms with E-state index in [-0.39, 0.29) is 17.2 Å². The summed E-state index contributed by atoms with van der Waals surface area (Å²) in [5.74, 6) is 1.30. The minimum Gasteiger partial charge on any atom is -0.495 e. The van der Waals surface area contributed by atoms with E-state index in [1.54, 1.807) is 7.11 Å². The van der Waals surface area contributed by atoms with Gasteiger partial charge in [-0.15, -0.1) is 0 Å². The summed E-state index contributed by atoms with van der Waals surface area (Å²) in [5, 5.41) is 0. The van der Waals surface area contributed by atoms with Crippen LogP contribution in [0.5, 0.6) is 0 Å². The number of ketones is 1. The first kappa shape index (κ1) is 24.0. The minimum absolute atomic E-state index is 0.0273. The number of hydrogen-bond donors (Lipinski definition) is 0. The fraction of sp³-hybridized carbons (Fsp3) is 0.367. The van der Waals surface area contributed by atoms with Gasteiger partial charge in [-0.25, -0.2) is 0 Å². The third-order valence-corrected chi connectivity index (χ3v) is 8.03. The molecule has 0 N–H and O–H groups in total. The minimum atomic E-state index is -0.949. The lowest BCUT2D eigenvalue weighted by Crippen LogP contribution is -2.49. The number of rotatable bonds is 5. The van der Waals surface area contributed by atoms with Crippen LogP contribution in [0, 0.1) is 0 Å². The molecule has 0 fully saturated rings. The van der Waals surface area contributed by atoms with Gasteiger partial charge >= 0.3 is 0 Å². The maximum absolute atomic E-state index is 13.6. The van der Waals surface area contributed by atoms with E-state index in [0.29, 0.717) is 16.9 Å². The van der Waals surface area contributed by atoms with Gasteiger partial charge in [0.05, 0.1) is 18.7 Å². The number of ether oxygens (including phenoxy) is 2. The summed E-state index contributed by atoms with van der Waals surface area (Å²) in [6.45, 7) is 6.38. The van der Waals surface area contributed by atoms with Crippen LogP contribution in [0.3, 0.4) is 0 Å². The predicted molar refractivity (Wildman–Crippen MR) is 145 cm³/mol. The Morgan fingerprint density at radius 3 is 2.31 bits per heavy atom. The summed E-state index contributed by atoms with van der Waals surface area (Å²) in [5.41, 5.74) is 4.62. The van der Waals surface area contributed by atoms with Crippen molar-refractivity contribution in [2.24, 2.45) is 0 Å². The number of fused-ring (bicyclic) bond motifs is 1. The SMILES string of the molecule is COC1=C(C2(C)OC(c3ccc(N(C)C)cc3)=CN2C)C(=O)C1=CC1N(C)c2ccccc2C1(C)C. The Bertz CT molecular complexity index is 1320. The molecular formula is C30H35N3O3. The predicted octanol–water partition coefficient (Wildman–Crippen LogP) is 4.94. The Morgan fingerprint density at radius 1 is 1.03 bits per heavy atom. The van der Waals surface area contributed by atoms with Gasteiger partial charge in [-0.3, -0.25) is 4.79 Å². The number of para-hydroxylation sites is 1. The van der Waals surface area contributed by atoms with Crippen LogP contribution in [-0.4, -0.2) is 57.8 Å². The van der Waals surface area contributed by atoms with E-state index in [1.807, 2.05) is 51.3 Å². The van der Waals surface area contributed by atoms with Crippen molar-refractivity contribution in [2.45, 2.75) is 38.0 Å². The van der Waals surface area contributed by atoms with Crippen molar-refractivity contribution in [3.8, 4) is 0 Å². The Hall–Kier alpha value is -3.67. The van der Waals surface area contributed by atoms with E-state index >= 15 is 0 Å². The quantitative estimate of drug-likeness (QED) is 0.560. The Balaban J connectivity index is 1.46. The maximum Gasteiger partial charge on any atom is 0.213 e. The highest BCUT2D eigenvalue weighted by atomic mass is 16.5. The zero-order valence-corrected chi connectivity index (χ0v) is 22.4. The van der Waals surface area contributed by atoms with Gasteiger partial charge < -0.3 is 24.2 Å². The van der Waals surface area contributed by atoms with Crippen LogP contribution in [0.25, 0.3) is 5.76 Å². The second kappa shape index (κ2) is 8.19. The second-order valence-electron chi connectivity index (χ2n) is 10.7. The van der Waals surface area contributed by atoms with Gasteiger partial charge in [0.25, 0.3) is 0 Å². The first-order valence-corrected chi connectivity index (χ1v) is 12.3. The Kier molecular flexibility index (Phi) is 5.47. The first-order valence-electron chi connectivity index (χ1n) is 12.3. The molecule has 0 aromatic heterocycles. The molecule has 0 radical (unpaired) electrons. The molecule has 3 aliphatic rings. The molecule has 36 heavy (non-hydrogen) atoms. The van der Waals surface area contributed by atoms with E-state index < -0.39 is 5.72 Å². The summed E-state index contributed by atoms with van der Waals surface area (Å²) in [7, 11) is 9.67. The topological polar surface area (TPSA) is 45.3 Å². The van der Waals surface area contributed by atoms with Crippen molar-refractivity contribution in [1.82, 2.24) is 4.90 Å². The summed E-state index contributed by atoms with van der Waals surface area (Å²) < 4.78 is 12.3. The van der Waals surface area contributed by atoms with Crippen LogP contribution in [0.4, 0.5) is 11.4 Å². The number of methoxy groups -OCH3 is 1. The van der Waals surface area contributed by atoms with Gasteiger partial charge in [0.15, 0.2) is 0 Å². The average molecular weight is 486 g/mol. The van der Waals surface area contributed by atoms with E-state index in [4.69, 9.17) is 9.47 Å². The number of carbonyl (C=O) groups excluding carboxylic acids is 1. The third kappa shape index (κ3) is 3.34.